The van der Waals surface area contributed by atoms with E-state index in [1.54, 1.807) is 24.4 Å². The fraction of sp³-hybridized carbons (Fsp3) is 0.286. The molecule has 112 valence electrons. The van der Waals surface area contributed by atoms with Crippen LogP contribution in [0, 0.1) is 5.92 Å². The van der Waals surface area contributed by atoms with Crippen molar-refractivity contribution in [2.45, 2.75) is 13.8 Å². The number of halogens is 1. The minimum Gasteiger partial charge on any atom is -0.493 e. The van der Waals surface area contributed by atoms with Gasteiger partial charge in [0.25, 0.3) is 5.19 Å². The van der Waals surface area contributed by atoms with E-state index in [1.807, 2.05) is 0 Å². The molecule has 2 rings (SSSR count). The molecule has 1 aromatic carbocycles. The second-order valence-electron chi connectivity index (χ2n) is 4.67. The number of oxime groups is 1. The minimum atomic E-state index is 0.419. The van der Waals surface area contributed by atoms with E-state index < -0.39 is 0 Å². The van der Waals surface area contributed by atoms with E-state index >= 15 is 0 Å². The standard InChI is InChI=1S/C14H15ClN2O3S/c1-9(2)8-19-10-3-4-13(12(15)5-10)20-14-16-6-11(21-14)7-17-18/h3-7,9,18H,8H2,1-2H3. The van der Waals surface area contributed by atoms with Gasteiger partial charge in [0.05, 0.1) is 28.9 Å². The average molecular weight is 327 g/mol. The van der Waals surface area contributed by atoms with E-state index in [0.29, 0.717) is 39.1 Å². The summed E-state index contributed by atoms with van der Waals surface area (Å²) in [6.45, 7) is 4.79. The Balaban J connectivity index is 2.06. The van der Waals surface area contributed by atoms with E-state index in [4.69, 9.17) is 26.3 Å². The smallest absolute Gasteiger partial charge is 0.279 e. The number of thiazole rings is 1. The second kappa shape index (κ2) is 7.28. The van der Waals surface area contributed by atoms with Crippen molar-refractivity contribution in [3.05, 3.63) is 34.3 Å². The highest BCUT2D eigenvalue weighted by molar-refractivity contribution is 7.15. The van der Waals surface area contributed by atoms with Crippen molar-refractivity contribution in [2.24, 2.45) is 11.1 Å². The third kappa shape index (κ3) is 4.61. The van der Waals surface area contributed by atoms with Crippen LogP contribution >= 0.6 is 22.9 Å². The lowest BCUT2D eigenvalue weighted by Gasteiger charge is -2.10. The molecule has 1 heterocycles. The molecule has 0 aliphatic heterocycles. The quantitative estimate of drug-likeness (QED) is 0.484. The van der Waals surface area contributed by atoms with E-state index in [9.17, 15) is 0 Å². The van der Waals surface area contributed by atoms with Crippen molar-refractivity contribution >= 4 is 29.2 Å². The molecule has 0 radical (unpaired) electrons. The average Bonchev–Trinajstić information content (AvgIpc) is 2.87. The molecule has 21 heavy (non-hydrogen) atoms. The molecule has 2 aromatic rings. The van der Waals surface area contributed by atoms with Gasteiger partial charge in [0.2, 0.25) is 0 Å². The summed E-state index contributed by atoms with van der Waals surface area (Å²) in [4.78, 5) is 4.74. The van der Waals surface area contributed by atoms with Crippen molar-refractivity contribution in [2.75, 3.05) is 6.61 Å². The topological polar surface area (TPSA) is 63.9 Å². The SMILES string of the molecule is CC(C)COc1ccc(Oc2ncc(C=NO)s2)c(Cl)c1. The first-order chi connectivity index (χ1) is 10.1. The van der Waals surface area contributed by atoms with Gasteiger partial charge in [-0.05, 0) is 18.1 Å². The highest BCUT2D eigenvalue weighted by Crippen LogP contribution is 2.34. The molecule has 0 amide bonds. The molecule has 0 unspecified atom stereocenters. The molecule has 0 saturated heterocycles. The zero-order valence-electron chi connectivity index (χ0n) is 11.6. The molecular weight excluding hydrogens is 312 g/mol. The molecule has 5 nitrogen and oxygen atoms in total. The third-order valence-corrected chi connectivity index (χ3v) is 3.48. The molecule has 1 aromatic heterocycles. The molecule has 0 bridgehead atoms. The van der Waals surface area contributed by atoms with Crippen molar-refractivity contribution in [1.82, 2.24) is 4.98 Å². The van der Waals surface area contributed by atoms with Crippen LogP contribution in [0.4, 0.5) is 0 Å². The molecule has 0 aliphatic carbocycles. The van der Waals surface area contributed by atoms with Crippen LogP contribution in [-0.2, 0) is 0 Å². The van der Waals surface area contributed by atoms with Crippen LogP contribution in [0.5, 0.6) is 16.7 Å². The zero-order valence-corrected chi connectivity index (χ0v) is 13.2. The van der Waals surface area contributed by atoms with Gasteiger partial charge in [0.1, 0.15) is 11.5 Å². The maximum atomic E-state index is 8.46. The first-order valence-electron chi connectivity index (χ1n) is 6.32. The highest BCUT2D eigenvalue weighted by atomic mass is 35.5. The van der Waals surface area contributed by atoms with E-state index in [-0.39, 0.29) is 0 Å². The molecule has 0 saturated carbocycles. The summed E-state index contributed by atoms with van der Waals surface area (Å²) in [5.74, 6) is 1.64. The van der Waals surface area contributed by atoms with Gasteiger partial charge >= 0.3 is 0 Å². The van der Waals surface area contributed by atoms with Gasteiger partial charge in [0, 0.05) is 6.07 Å². The van der Waals surface area contributed by atoms with E-state index in [0.717, 1.165) is 0 Å². The summed E-state index contributed by atoms with van der Waals surface area (Å²) >= 11 is 7.41. The maximum absolute atomic E-state index is 8.46. The Labute approximate surface area is 131 Å². The minimum absolute atomic E-state index is 0.419. The third-order valence-electron chi connectivity index (χ3n) is 2.37. The summed E-state index contributed by atoms with van der Waals surface area (Å²) in [7, 11) is 0. The van der Waals surface area contributed by atoms with Crippen molar-refractivity contribution in [1.29, 1.82) is 0 Å². The zero-order chi connectivity index (χ0) is 15.2. The fourth-order valence-corrected chi connectivity index (χ4v) is 2.30. The Morgan fingerprint density at radius 1 is 1.48 bits per heavy atom. The number of benzene rings is 1. The van der Waals surface area contributed by atoms with E-state index in [1.165, 1.54) is 17.6 Å². The Morgan fingerprint density at radius 3 is 2.95 bits per heavy atom. The van der Waals surface area contributed by atoms with E-state index in [2.05, 4.69) is 24.0 Å². The van der Waals surface area contributed by atoms with Crippen molar-refractivity contribution < 1.29 is 14.7 Å². The molecular formula is C14H15ClN2O3S. The molecule has 0 aliphatic rings. The Bertz CT molecular complexity index is 628. The summed E-state index contributed by atoms with van der Waals surface area (Å²) in [5.41, 5.74) is 0. The predicted octanol–water partition coefficient (Wildman–Crippen LogP) is 4.43. The fourth-order valence-electron chi connectivity index (χ4n) is 1.44. The Hall–Kier alpha value is -1.79. The van der Waals surface area contributed by atoms with Crippen LogP contribution in [0.2, 0.25) is 5.02 Å². The lowest BCUT2D eigenvalue weighted by atomic mass is 10.2. The van der Waals surface area contributed by atoms with Crippen LogP contribution in [-0.4, -0.2) is 23.0 Å². The number of hydrogen-bond acceptors (Lipinski definition) is 6. The molecule has 0 atom stereocenters. The Morgan fingerprint density at radius 2 is 2.29 bits per heavy atom. The van der Waals surface area contributed by atoms with Gasteiger partial charge in [-0.2, -0.15) is 0 Å². The Kier molecular flexibility index (Phi) is 5.41. The normalized spacial score (nSPS) is 11.2. The first kappa shape index (κ1) is 15.6. The van der Waals surface area contributed by atoms with Crippen molar-refractivity contribution in [3.63, 3.8) is 0 Å². The number of rotatable bonds is 6. The first-order valence-corrected chi connectivity index (χ1v) is 7.51. The second-order valence-corrected chi connectivity index (χ2v) is 6.10. The number of ether oxygens (including phenoxy) is 2. The van der Waals surface area contributed by atoms with Crippen LogP contribution < -0.4 is 9.47 Å². The van der Waals surface area contributed by atoms with Crippen LogP contribution in [0.1, 0.15) is 18.7 Å². The number of hydrogen-bond donors (Lipinski definition) is 1. The van der Waals surface area contributed by atoms with Gasteiger partial charge < -0.3 is 14.7 Å². The summed E-state index contributed by atoms with van der Waals surface area (Å²) in [5, 5.41) is 12.3. The lowest BCUT2D eigenvalue weighted by molar-refractivity contribution is 0.271. The molecule has 0 fully saturated rings. The summed E-state index contributed by atoms with van der Waals surface area (Å²) in [6, 6.07) is 5.25. The molecule has 7 heteroatoms. The van der Waals surface area contributed by atoms with Crippen LogP contribution in [0.25, 0.3) is 0 Å². The largest absolute Gasteiger partial charge is 0.493 e. The molecule has 1 N–H and O–H groups in total. The summed E-state index contributed by atoms with van der Waals surface area (Å²) < 4.78 is 11.2. The maximum Gasteiger partial charge on any atom is 0.279 e. The van der Waals surface area contributed by atoms with Gasteiger partial charge in [0.15, 0.2) is 0 Å². The number of nitrogens with zero attached hydrogens (tertiary/aromatic N) is 2. The van der Waals surface area contributed by atoms with Gasteiger partial charge in [-0.1, -0.05) is 41.9 Å². The van der Waals surface area contributed by atoms with Crippen molar-refractivity contribution in [3.8, 4) is 16.7 Å². The summed E-state index contributed by atoms with van der Waals surface area (Å²) in [6.07, 6.45) is 2.84. The lowest BCUT2D eigenvalue weighted by Crippen LogP contribution is -2.04. The van der Waals surface area contributed by atoms with Gasteiger partial charge in [-0.15, -0.1) is 0 Å². The van der Waals surface area contributed by atoms with Gasteiger partial charge in [-0.25, -0.2) is 4.98 Å². The van der Waals surface area contributed by atoms with Crippen LogP contribution in [0.3, 0.4) is 0 Å². The number of aromatic nitrogens is 1. The monoisotopic (exact) mass is 326 g/mol. The molecule has 0 spiro atoms. The highest BCUT2D eigenvalue weighted by Gasteiger charge is 2.08. The predicted molar refractivity (Wildman–Crippen MR) is 83.4 cm³/mol. The van der Waals surface area contributed by atoms with Crippen LogP contribution in [0.15, 0.2) is 29.6 Å². The van der Waals surface area contributed by atoms with Gasteiger partial charge in [-0.3, -0.25) is 0 Å².